The highest BCUT2D eigenvalue weighted by molar-refractivity contribution is 9.10. The lowest BCUT2D eigenvalue weighted by Crippen LogP contribution is -2.43. The van der Waals surface area contributed by atoms with E-state index in [0.29, 0.717) is 0 Å². The number of esters is 1. The number of hydrogen-bond acceptors (Lipinski definition) is 4. The number of carbonyl (C=O) groups excluding carboxylic acids is 1. The summed E-state index contributed by atoms with van der Waals surface area (Å²) >= 11 is 3.51. The van der Waals surface area contributed by atoms with Crippen molar-refractivity contribution in [1.82, 2.24) is 4.90 Å². The van der Waals surface area contributed by atoms with Gasteiger partial charge in [-0.1, -0.05) is 54.0 Å². The van der Waals surface area contributed by atoms with E-state index in [9.17, 15) is 4.79 Å². The fraction of sp³-hybridized carbons (Fsp3) is 0.536. The molecule has 1 unspecified atom stereocenters. The third-order valence-corrected chi connectivity index (χ3v) is 7.86. The van der Waals surface area contributed by atoms with Crippen molar-refractivity contribution < 1.29 is 14.3 Å². The summed E-state index contributed by atoms with van der Waals surface area (Å²) in [6, 6.07) is 16.6. The van der Waals surface area contributed by atoms with Gasteiger partial charge in [-0.05, 0) is 99.0 Å². The van der Waals surface area contributed by atoms with Crippen molar-refractivity contribution >= 4 is 21.9 Å². The molecule has 0 spiro atoms. The van der Waals surface area contributed by atoms with E-state index in [1.54, 1.807) is 7.11 Å². The standard InChI is InChI=1S/C28H38BrNO3/c1-21(2)28(27(31)33-4,24-8-10-25(29)11-9-24)16-5-17-30-18-14-23(15-19-30)20-22-6-12-26(32-3)13-7-22/h6-13,21,23H,5,14-20H2,1-4H3. The van der Waals surface area contributed by atoms with Gasteiger partial charge < -0.3 is 14.4 Å². The Labute approximate surface area is 207 Å². The van der Waals surface area contributed by atoms with Gasteiger partial charge in [0.15, 0.2) is 0 Å². The van der Waals surface area contributed by atoms with Gasteiger partial charge in [0.1, 0.15) is 5.75 Å². The van der Waals surface area contributed by atoms with Crippen molar-refractivity contribution in [2.75, 3.05) is 33.9 Å². The lowest BCUT2D eigenvalue weighted by Gasteiger charge is -2.37. The summed E-state index contributed by atoms with van der Waals surface area (Å²) in [5, 5.41) is 0. The lowest BCUT2D eigenvalue weighted by atomic mass is 9.68. The quantitative estimate of drug-likeness (QED) is 0.350. The van der Waals surface area contributed by atoms with E-state index >= 15 is 0 Å². The molecule has 1 heterocycles. The van der Waals surface area contributed by atoms with Crippen LogP contribution in [-0.2, 0) is 21.4 Å². The van der Waals surface area contributed by atoms with E-state index in [2.05, 4.69) is 71.1 Å². The molecule has 0 bridgehead atoms. The van der Waals surface area contributed by atoms with Crippen molar-refractivity contribution in [3.05, 3.63) is 64.1 Å². The summed E-state index contributed by atoms with van der Waals surface area (Å²) in [4.78, 5) is 15.6. The summed E-state index contributed by atoms with van der Waals surface area (Å²) in [6.45, 7) is 7.54. The summed E-state index contributed by atoms with van der Waals surface area (Å²) in [7, 11) is 3.21. The molecular formula is C28H38BrNO3. The third-order valence-electron chi connectivity index (χ3n) is 7.33. The van der Waals surface area contributed by atoms with Gasteiger partial charge in [0.2, 0.25) is 0 Å². The molecule has 0 saturated carbocycles. The Balaban J connectivity index is 1.55. The molecule has 1 saturated heterocycles. The summed E-state index contributed by atoms with van der Waals surface area (Å²) in [5.74, 6) is 1.68. The Morgan fingerprint density at radius 2 is 1.70 bits per heavy atom. The van der Waals surface area contributed by atoms with Crippen LogP contribution in [-0.4, -0.2) is 44.7 Å². The van der Waals surface area contributed by atoms with Gasteiger partial charge in [0, 0.05) is 4.47 Å². The lowest BCUT2D eigenvalue weighted by molar-refractivity contribution is -0.150. The average Bonchev–Trinajstić information content (AvgIpc) is 2.83. The van der Waals surface area contributed by atoms with Gasteiger partial charge in [-0.3, -0.25) is 4.79 Å². The van der Waals surface area contributed by atoms with E-state index in [1.807, 2.05) is 12.1 Å². The molecule has 1 fully saturated rings. The van der Waals surface area contributed by atoms with Crippen molar-refractivity contribution in [1.29, 1.82) is 0 Å². The number of rotatable bonds is 10. The number of hydrogen-bond donors (Lipinski definition) is 0. The molecule has 180 valence electrons. The number of halogens is 1. The van der Waals surface area contributed by atoms with Crippen LogP contribution in [0.4, 0.5) is 0 Å². The highest BCUT2D eigenvalue weighted by Crippen LogP contribution is 2.39. The molecular weight excluding hydrogens is 478 g/mol. The minimum atomic E-state index is -0.609. The van der Waals surface area contributed by atoms with Gasteiger partial charge in [-0.15, -0.1) is 0 Å². The van der Waals surface area contributed by atoms with Crippen molar-refractivity contribution in [3.8, 4) is 5.75 Å². The molecule has 2 aromatic carbocycles. The first-order valence-electron chi connectivity index (χ1n) is 12.1. The predicted octanol–water partition coefficient (Wildman–Crippen LogP) is 6.26. The number of methoxy groups -OCH3 is 2. The van der Waals surface area contributed by atoms with E-state index in [0.717, 1.165) is 60.6 Å². The Hall–Kier alpha value is -1.85. The van der Waals surface area contributed by atoms with Gasteiger partial charge in [-0.2, -0.15) is 0 Å². The molecule has 0 radical (unpaired) electrons. The molecule has 33 heavy (non-hydrogen) atoms. The number of likely N-dealkylation sites (tertiary alicyclic amines) is 1. The Kier molecular flexibility index (Phi) is 9.39. The number of carbonyl (C=O) groups is 1. The topological polar surface area (TPSA) is 38.8 Å². The Morgan fingerprint density at radius 3 is 2.24 bits per heavy atom. The fourth-order valence-electron chi connectivity index (χ4n) is 5.24. The van der Waals surface area contributed by atoms with Crippen LogP contribution in [0.3, 0.4) is 0 Å². The molecule has 0 aliphatic carbocycles. The van der Waals surface area contributed by atoms with Gasteiger partial charge in [0.25, 0.3) is 0 Å². The summed E-state index contributed by atoms with van der Waals surface area (Å²) < 4.78 is 11.6. The van der Waals surface area contributed by atoms with Gasteiger partial charge >= 0.3 is 5.97 Å². The molecule has 5 heteroatoms. The highest BCUT2D eigenvalue weighted by Gasteiger charge is 2.44. The maximum absolute atomic E-state index is 13.0. The first-order valence-corrected chi connectivity index (χ1v) is 12.9. The van der Waals surface area contributed by atoms with Gasteiger partial charge in [-0.25, -0.2) is 0 Å². The van der Waals surface area contributed by atoms with E-state index in [-0.39, 0.29) is 11.9 Å². The van der Waals surface area contributed by atoms with Crippen LogP contribution < -0.4 is 4.74 Å². The molecule has 2 aromatic rings. The first-order chi connectivity index (χ1) is 15.9. The smallest absolute Gasteiger partial charge is 0.316 e. The van der Waals surface area contributed by atoms with Crippen molar-refractivity contribution in [2.45, 2.75) is 51.4 Å². The summed E-state index contributed by atoms with van der Waals surface area (Å²) in [6.07, 6.45) is 5.37. The minimum Gasteiger partial charge on any atom is -0.497 e. The monoisotopic (exact) mass is 515 g/mol. The second-order valence-corrected chi connectivity index (χ2v) is 10.5. The average molecular weight is 517 g/mol. The molecule has 4 nitrogen and oxygen atoms in total. The van der Waals surface area contributed by atoms with Crippen molar-refractivity contribution in [3.63, 3.8) is 0 Å². The zero-order valence-corrected chi connectivity index (χ0v) is 22.1. The number of piperidine rings is 1. The first kappa shape index (κ1) is 25.8. The molecule has 0 N–H and O–H groups in total. The second-order valence-electron chi connectivity index (χ2n) is 9.57. The Bertz CT molecular complexity index is 873. The number of benzene rings is 2. The van der Waals surface area contributed by atoms with Gasteiger partial charge in [0.05, 0.1) is 19.6 Å². The normalized spacial score (nSPS) is 17.0. The summed E-state index contributed by atoms with van der Waals surface area (Å²) in [5.41, 5.74) is 1.83. The Morgan fingerprint density at radius 1 is 1.06 bits per heavy atom. The van der Waals surface area contributed by atoms with Crippen LogP contribution >= 0.6 is 15.9 Å². The fourth-order valence-corrected chi connectivity index (χ4v) is 5.51. The van der Waals surface area contributed by atoms with Crippen LogP contribution in [0.25, 0.3) is 0 Å². The van der Waals surface area contributed by atoms with Crippen molar-refractivity contribution in [2.24, 2.45) is 11.8 Å². The van der Waals surface area contributed by atoms with E-state index in [1.165, 1.54) is 25.5 Å². The minimum absolute atomic E-state index is 0.127. The molecule has 0 amide bonds. The van der Waals surface area contributed by atoms with E-state index < -0.39 is 5.41 Å². The molecule has 1 aliphatic heterocycles. The van der Waals surface area contributed by atoms with Crippen LogP contribution in [0, 0.1) is 11.8 Å². The third kappa shape index (κ3) is 6.39. The molecule has 3 rings (SSSR count). The molecule has 1 aliphatic rings. The SMILES string of the molecule is COC(=O)C(CCCN1CCC(Cc2ccc(OC)cc2)CC1)(c1ccc(Br)cc1)C(C)C. The zero-order valence-electron chi connectivity index (χ0n) is 20.5. The molecule has 1 atom stereocenters. The predicted molar refractivity (Wildman–Crippen MR) is 138 cm³/mol. The van der Waals surface area contributed by atoms with Crippen LogP contribution in [0.15, 0.2) is 53.0 Å². The maximum Gasteiger partial charge on any atom is 0.316 e. The second kappa shape index (κ2) is 12.0. The van der Waals surface area contributed by atoms with Crippen LogP contribution in [0.2, 0.25) is 0 Å². The molecule has 0 aromatic heterocycles. The van der Waals surface area contributed by atoms with E-state index in [4.69, 9.17) is 9.47 Å². The number of nitrogens with zero attached hydrogens (tertiary/aromatic N) is 1. The highest BCUT2D eigenvalue weighted by atomic mass is 79.9. The zero-order chi connectivity index (χ0) is 23.8. The number of ether oxygens (including phenoxy) is 2. The van der Waals surface area contributed by atoms with Crippen LogP contribution in [0.5, 0.6) is 5.75 Å². The largest absolute Gasteiger partial charge is 0.497 e. The maximum atomic E-state index is 13.0. The van der Waals surface area contributed by atoms with Crippen LogP contribution in [0.1, 0.15) is 50.7 Å².